The zero-order valence-electron chi connectivity index (χ0n) is 16.8. The number of benzene rings is 2. The topological polar surface area (TPSA) is 127 Å². The van der Waals surface area contributed by atoms with Crippen molar-refractivity contribution in [3.8, 4) is 0 Å². The van der Waals surface area contributed by atoms with E-state index in [1.54, 1.807) is 12.1 Å². The third-order valence-electron chi connectivity index (χ3n) is 4.27. The molecule has 0 saturated carbocycles. The maximum absolute atomic E-state index is 12.7. The number of nitro groups is 1. The molecule has 9 nitrogen and oxygen atoms in total. The van der Waals surface area contributed by atoms with E-state index in [0.29, 0.717) is 17.3 Å². The number of nitrogens with one attached hydrogen (secondary N) is 2. The van der Waals surface area contributed by atoms with E-state index in [9.17, 15) is 19.7 Å². The van der Waals surface area contributed by atoms with Gasteiger partial charge in [-0.3, -0.25) is 19.7 Å². The highest BCUT2D eigenvalue weighted by molar-refractivity contribution is 7.98. The van der Waals surface area contributed by atoms with Gasteiger partial charge in [0.1, 0.15) is 11.8 Å². The first-order valence-corrected chi connectivity index (χ1v) is 10.7. The number of carbonyl (C=O) groups is 2. The van der Waals surface area contributed by atoms with Crippen molar-refractivity contribution in [1.82, 2.24) is 10.7 Å². The van der Waals surface area contributed by atoms with Gasteiger partial charge in [0.15, 0.2) is 0 Å². The van der Waals surface area contributed by atoms with Crippen LogP contribution in [0.2, 0.25) is 0 Å². The molecule has 0 spiro atoms. The largest absolute Gasteiger partial charge is 0.463 e. The van der Waals surface area contributed by atoms with Gasteiger partial charge < -0.3 is 9.73 Å². The molecule has 2 N–H and O–H groups in total. The van der Waals surface area contributed by atoms with Crippen LogP contribution >= 0.6 is 11.8 Å². The minimum atomic E-state index is -0.875. The first-order chi connectivity index (χ1) is 15.5. The van der Waals surface area contributed by atoms with Crippen LogP contribution in [0.25, 0.3) is 0 Å². The van der Waals surface area contributed by atoms with Gasteiger partial charge in [-0.05, 0) is 29.8 Å². The van der Waals surface area contributed by atoms with Crippen molar-refractivity contribution in [3.05, 3.63) is 100.0 Å². The highest BCUT2D eigenvalue weighted by Crippen LogP contribution is 2.15. The Bertz CT molecular complexity index is 1070. The zero-order chi connectivity index (χ0) is 22.8. The molecule has 0 saturated heterocycles. The number of furan rings is 1. The number of amides is 2. The summed E-state index contributed by atoms with van der Waals surface area (Å²) >= 11 is 1.48. The number of rotatable bonds is 10. The lowest BCUT2D eigenvalue weighted by molar-refractivity contribution is -0.384. The number of hydrazone groups is 1. The molecule has 0 fully saturated rings. The van der Waals surface area contributed by atoms with Crippen LogP contribution in [0.4, 0.5) is 5.69 Å². The zero-order valence-corrected chi connectivity index (χ0v) is 17.7. The van der Waals surface area contributed by atoms with E-state index in [4.69, 9.17) is 4.42 Å². The van der Waals surface area contributed by atoms with Gasteiger partial charge in [-0.2, -0.15) is 16.9 Å². The summed E-state index contributed by atoms with van der Waals surface area (Å²) < 4.78 is 5.12. The van der Waals surface area contributed by atoms with E-state index >= 15 is 0 Å². The molecule has 3 rings (SSSR count). The molecule has 0 radical (unpaired) electrons. The van der Waals surface area contributed by atoms with Crippen LogP contribution in [0, 0.1) is 10.1 Å². The Morgan fingerprint density at radius 2 is 1.84 bits per heavy atom. The number of hydrogen-bond acceptors (Lipinski definition) is 7. The number of non-ortho nitro benzene ring substituents is 1. The van der Waals surface area contributed by atoms with Gasteiger partial charge in [0.05, 0.1) is 17.4 Å². The Balaban J connectivity index is 1.64. The van der Waals surface area contributed by atoms with Gasteiger partial charge in [0.2, 0.25) is 0 Å². The van der Waals surface area contributed by atoms with Crippen molar-refractivity contribution in [3.63, 3.8) is 0 Å². The molecule has 1 unspecified atom stereocenters. The fourth-order valence-corrected chi connectivity index (χ4v) is 3.65. The summed E-state index contributed by atoms with van der Waals surface area (Å²) in [5.41, 5.74) is 3.58. The Hall–Kier alpha value is -3.92. The first kappa shape index (κ1) is 22.8. The third kappa shape index (κ3) is 6.81. The average Bonchev–Trinajstić information content (AvgIpc) is 3.32. The standard InChI is InChI=1S/C22H20N4O5S/c27-21(17-8-10-18(11-9-17)26(29)30)24-20(15-32-14-16-5-2-1-3-6-16)22(28)25-23-13-19-7-4-12-31-19/h1-13,20H,14-15H2,(H,24,27)(H,25,28)/b23-13+. The lowest BCUT2D eigenvalue weighted by Crippen LogP contribution is -2.47. The molecule has 1 aromatic heterocycles. The summed E-state index contributed by atoms with van der Waals surface area (Å²) in [6, 6.07) is 17.4. The van der Waals surface area contributed by atoms with Crippen LogP contribution in [0.5, 0.6) is 0 Å². The maximum Gasteiger partial charge on any atom is 0.269 e. The number of nitro benzene ring substituents is 1. The van der Waals surface area contributed by atoms with E-state index in [-0.39, 0.29) is 11.3 Å². The SMILES string of the molecule is O=C(NC(CSCc1ccccc1)C(=O)N/N=C/c1ccco1)c1ccc([N+](=O)[O-])cc1. The molecule has 2 amide bonds. The molecule has 1 heterocycles. The second-order valence-corrected chi connectivity index (χ2v) is 7.61. The number of carbonyl (C=O) groups excluding carboxylic acids is 2. The maximum atomic E-state index is 12.7. The second kappa shape index (κ2) is 11.5. The summed E-state index contributed by atoms with van der Waals surface area (Å²) in [5.74, 6) is 0.415. The lowest BCUT2D eigenvalue weighted by Gasteiger charge is -2.17. The van der Waals surface area contributed by atoms with Crippen molar-refractivity contribution in [2.45, 2.75) is 11.8 Å². The summed E-state index contributed by atoms with van der Waals surface area (Å²) in [7, 11) is 0. The van der Waals surface area contributed by atoms with Crippen LogP contribution in [0.15, 0.2) is 82.5 Å². The molecule has 3 aromatic rings. The summed E-state index contributed by atoms with van der Waals surface area (Å²) in [6.07, 6.45) is 2.83. The molecule has 0 aliphatic carbocycles. The van der Waals surface area contributed by atoms with Gasteiger partial charge in [-0.25, -0.2) is 5.43 Å². The van der Waals surface area contributed by atoms with Crippen LogP contribution in [-0.4, -0.2) is 34.7 Å². The third-order valence-corrected chi connectivity index (χ3v) is 5.37. The highest BCUT2D eigenvalue weighted by atomic mass is 32.2. The molecule has 1 atom stereocenters. The quantitative estimate of drug-likeness (QED) is 0.276. The minimum Gasteiger partial charge on any atom is -0.463 e. The van der Waals surface area contributed by atoms with Crippen molar-refractivity contribution < 1.29 is 18.9 Å². The van der Waals surface area contributed by atoms with Crippen molar-refractivity contribution in [2.75, 3.05) is 5.75 Å². The van der Waals surface area contributed by atoms with E-state index in [2.05, 4.69) is 15.8 Å². The van der Waals surface area contributed by atoms with Crippen LogP contribution in [0.1, 0.15) is 21.7 Å². The van der Waals surface area contributed by atoms with Crippen LogP contribution < -0.4 is 10.7 Å². The van der Waals surface area contributed by atoms with Gasteiger partial charge in [-0.1, -0.05) is 30.3 Å². The molecule has 0 aliphatic rings. The first-order valence-electron chi connectivity index (χ1n) is 9.56. The van der Waals surface area contributed by atoms with E-state index in [1.807, 2.05) is 30.3 Å². The molecule has 32 heavy (non-hydrogen) atoms. The predicted octanol–water partition coefficient (Wildman–Crippen LogP) is 3.37. The fraction of sp³-hybridized carbons (Fsp3) is 0.136. The Morgan fingerprint density at radius 3 is 2.50 bits per heavy atom. The Labute approximate surface area is 188 Å². The number of thioether (sulfide) groups is 1. The molecule has 2 aromatic carbocycles. The van der Waals surface area contributed by atoms with Crippen molar-refractivity contribution in [2.24, 2.45) is 5.10 Å². The Kier molecular flexibility index (Phi) is 8.15. The summed E-state index contributed by atoms with van der Waals surface area (Å²) in [4.78, 5) is 35.5. The smallest absolute Gasteiger partial charge is 0.269 e. The van der Waals surface area contributed by atoms with Gasteiger partial charge in [0, 0.05) is 29.2 Å². The van der Waals surface area contributed by atoms with Crippen LogP contribution in [0.3, 0.4) is 0 Å². The molecule has 164 valence electrons. The van der Waals surface area contributed by atoms with E-state index < -0.39 is 22.8 Å². The summed E-state index contributed by atoms with van der Waals surface area (Å²) in [5, 5.41) is 17.3. The van der Waals surface area contributed by atoms with Gasteiger partial charge in [0.25, 0.3) is 17.5 Å². The Morgan fingerprint density at radius 1 is 1.09 bits per heavy atom. The predicted molar refractivity (Wildman–Crippen MR) is 121 cm³/mol. The fourth-order valence-electron chi connectivity index (χ4n) is 2.63. The lowest BCUT2D eigenvalue weighted by atomic mass is 10.2. The van der Waals surface area contributed by atoms with Gasteiger partial charge in [-0.15, -0.1) is 0 Å². The molecular formula is C22H20N4O5S. The number of nitrogens with zero attached hydrogens (tertiary/aromatic N) is 2. The van der Waals surface area contributed by atoms with Crippen molar-refractivity contribution >= 4 is 35.5 Å². The molecule has 10 heteroatoms. The van der Waals surface area contributed by atoms with Gasteiger partial charge >= 0.3 is 0 Å². The van der Waals surface area contributed by atoms with E-state index in [0.717, 1.165) is 5.56 Å². The molecule has 0 aliphatic heterocycles. The normalized spacial score (nSPS) is 11.8. The highest BCUT2D eigenvalue weighted by Gasteiger charge is 2.22. The van der Waals surface area contributed by atoms with Crippen molar-refractivity contribution in [1.29, 1.82) is 0 Å². The summed E-state index contributed by atoms with van der Waals surface area (Å²) in [6.45, 7) is 0. The molecular weight excluding hydrogens is 432 g/mol. The van der Waals surface area contributed by atoms with Crippen LogP contribution in [-0.2, 0) is 10.5 Å². The monoisotopic (exact) mass is 452 g/mol. The minimum absolute atomic E-state index is 0.124. The molecule has 0 bridgehead atoms. The number of hydrogen-bond donors (Lipinski definition) is 2. The van der Waals surface area contributed by atoms with E-state index in [1.165, 1.54) is 48.5 Å². The average molecular weight is 452 g/mol. The second-order valence-electron chi connectivity index (χ2n) is 6.58.